The Morgan fingerprint density at radius 2 is 2.06 bits per heavy atom. The van der Waals surface area contributed by atoms with Gasteiger partial charge in [-0.15, -0.1) is 24.8 Å². The average molecular weight is 442 g/mol. The van der Waals surface area contributed by atoms with E-state index in [-0.39, 0.29) is 29.0 Å². The topological polar surface area (TPSA) is 49.7 Å². The third-order valence-corrected chi connectivity index (χ3v) is 10.7. The summed E-state index contributed by atoms with van der Waals surface area (Å²) in [5, 5.41) is 11.7. The van der Waals surface area contributed by atoms with E-state index in [1.54, 1.807) is 13.1 Å². The van der Waals surface area contributed by atoms with Crippen molar-refractivity contribution in [2.75, 3.05) is 7.05 Å². The molecule has 8 atom stereocenters. The molecule has 4 heteroatoms. The van der Waals surface area contributed by atoms with Crippen LogP contribution in [0.5, 0.6) is 0 Å². The SMILES string of the molecule is C=CCC(=O)[C@@]1(C=C)[C@@H](C)C[C@H]2[C@@H]3CCC4=CC(=NC)C=C[C@]4(C)[C@@]3(Cl)[C@@H](O)C[C@@]21C. The number of hydrogen-bond acceptors (Lipinski definition) is 3. The molecule has 0 radical (unpaired) electrons. The molecule has 3 saturated carbocycles. The number of hydrogen-bond donors (Lipinski definition) is 1. The quantitative estimate of drug-likeness (QED) is 0.449. The lowest BCUT2D eigenvalue weighted by Gasteiger charge is -2.64. The van der Waals surface area contributed by atoms with Crippen molar-refractivity contribution >= 4 is 23.1 Å². The lowest BCUT2D eigenvalue weighted by molar-refractivity contribution is -0.145. The zero-order valence-corrected chi connectivity index (χ0v) is 20.1. The third-order valence-electron chi connectivity index (χ3n) is 9.74. The summed E-state index contributed by atoms with van der Waals surface area (Å²) in [4.78, 5) is 17.0. The molecule has 4 aliphatic carbocycles. The molecule has 3 fully saturated rings. The molecule has 0 spiro atoms. The number of Topliss-reactive ketones (excluding diaryl/α,β-unsaturated/α-hetero) is 1. The van der Waals surface area contributed by atoms with Gasteiger partial charge in [0.15, 0.2) is 0 Å². The Morgan fingerprint density at radius 3 is 2.68 bits per heavy atom. The largest absolute Gasteiger partial charge is 0.391 e. The van der Waals surface area contributed by atoms with Crippen LogP contribution in [0.15, 0.2) is 54.1 Å². The second-order valence-corrected chi connectivity index (χ2v) is 11.3. The predicted molar refractivity (Wildman–Crippen MR) is 128 cm³/mol. The fourth-order valence-electron chi connectivity index (χ4n) is 8.19. The van der Waals surface area contributed by atoms with Crippen LogP contribution in [0.1, 0.15) is 52.9 Å². The van der Waals surface area contributed by atoms with Gasteiger partial charge in [-0.1, -0.05) is 44.6 Å². The van der Waals surface area contributed by atoms with Crippen molar-refractivity contribution in [3.8, 4) is 0 Å². The second-order valence-electron chi connectivity index (χ2n) is 10.6. The van der Waals surface area contributed by atoms with Crippen molar-refractivity contribution < 1.29 is 9.90 Å². The Hall–Kier alpha value is -1.45. The summed E-state index contributed by atoms with van der Waals surface area (Å²) in [6.45, 7) is 14.5. The van der Waals surface area contributed by atoms with Gasteiger partial charge < -0.3 is 5.11 Å². The zero-order valence-electron chi connectivity index (χ0n) is 19.3. The average Bonchev–Trinajstić information content (AvgIpc) is 2.95. The predicted octanol–water partition coefficient (Wildman–Crippen LogP) is 5.69. The highest BCUT2D eigenvalue weighted by molar-refractivity contribution is 6.26. The summed E-state index contributed by atoms with van der Waals surface area (Å²) in [7, 11) is 1.80. The van der Waals surface area contributed by atoms with Gasteiger partial charge in [-0.2, -0.15) is 0 Å². The number of aliphatic imine (C=N–C) groups is 1. The molecule has 1 N–H and O–H groups in total. The van der Waals surface area contributed by atoms with E-state index in [0.717, 1.165) is 25.0 Å². The van der Waals surface area contributed by atoms with Crippen LogP contribution in [0, 0.1) is 34.0 Å². The van der Waals surface area contributed by atoms with Gasteiger partial charge in [0.05, 0.1) is 22.1 Å². The number of ketones is 1. The van der Waals surface area contributed by atoms with Gasteiger partial charge in [0.25, 0.3) is 0 Å². The van der Waals surface area contributed by atoms with Crippen LogP contribution >= 0.6 is 11.6 Å². The summed E-state index contributed by atoms with van der Waals surface area (Å²) in [5.74, 6) is 0.705. The summed E-state index contributed by atoms with van der Waals surface area (Å²) in [6.07, 6.45) is 12.8. The number of nitrogens with zero attached hydrogens (tertiary/aromatic N) is 1. The van der Waals surface area contributed by atoms with Crippen LogP contribution < -0.4 is 0 Å². The lowest BCUT2D eigenvalue weighted by atomic mass is 9.44. The van der Waals surface area contributed by atoms with Crippen molar-refractivity contribution in [2.24, 2.45) is 39.0 Å². The number of carbonyl (C=O) groups is 1. The molecule has 0 aromatic carbocycles. The molecule has 0 bridgehead atoms. The van der Waals surface area contributed by atoms with Gasteiger partial charge in [-0.3, -0.25) is 9.79 Å². The lowest BCUT2D eigenvalue weighted by Crippen LogP contribution is -2.67. The minimum Gasteiger partial charge on any atom is -0.391 e. The highest BCUT2D eigenvalue weighted by Crippen LogP contribution is 2.74. The molecular weight excluding hydrogens is 406 g/mol. The Kier molecular flexibility index (Phi) is 5.34. The second kappa shape index (κ2) is 7.28. The Labute approximate surface area is 192 Å². The fourth-order valence-corrected chi connectivity index (χ4v) is 8.71. The van der Waals surface area contributed by atoms with E-state index < -0.39 is 21.8 Å². The molecule has 3 nitrogen and oxygen atoms in total. The minimum absolute atomic E-state index is 0.121. The van der Waals surface area contributed by atoms with Crippen LogP contribution in [0.3, 0.4) is 0 Å². The number of carbonyl (C=O) groups excluding carboxylic acids is 1. The van der Waals surface area contributed by atoms with Gasteiger partial charge in [0.1, 0.15) is 5.78 Å². The van der Waals surface area contributed by atoms with Gasteiger partial charge >= 0.3 is 0 Å². The van der Waals surface area contributed by atoms with Crippen LogP contribution in [0.25, 0.3) is 0 Å². The Bertz CT molecular complexity index is 918. The minimum atomic E-state index is -0.796. The van der Waals surface area contributed by atoms with Crippen molar-refractivity contribution in [3.63, 3.8) is 0 Å². The third kappa shape index (κ3) is 2.57. The molecular formula is C27H36ClNO2. The molecule has 0 amide bonds. The number of allylic oxidation sites excluding steroid dienone is 6. The maximum atomic E-state index is 13.5. The number of aliphatic hydroxyl groups excluding tert-OH is 1. The molecule has 0 aromatic heterocycles. The summed E-state index contributed by atoms with van der Waals surface area (Å²) >= 11 is 7.58. The summed E-state index contributed by atoms with van der Waals surface area (Å²) in [5.41, 5.74) is 0.750. The molecule has 0 aliphatic heterocycles. The van der Waals surface area contributed by atoms with E-state index in [2.05, 4.69) is 51.1 Å². The number of halogens is 1. The highest BCUT2D eigenvalue weighted by Gasteiger charge is 2.73. The first-order valence-corrected chi connectivity index (χ1v) is 12.0. The molecule has 4 aliphatic rings. The van der Waals surface area contributed by atoms with E-state index in [4.69, 9.17) is 11.6 Å². The van der Waals surface area contributed by atoms with Crippen molar-refractivity contribution in [3.05, 3.63) is 49.1 Å². The fraction of sp³-hybridized carbons (Fsp3) is 0.630. The molecule has 0 unspecified atom stereocenters. The zero-order chi connectivity index (χ0) is 22.8. The number of alkyl halides is 1. The van der Waals surface area contributed by atoms with Crippen LogP contribution in [-0.2, 0) is 4.79 Å². The van der Waals surface area contributed by atoms with Crippen LogP contribution in [0.4, 0.5) is 0 Å². The van der Waals surface area contributed by atoms with Crippen LogP contribution in [-0.4, -0.2) is 34.6 Å². The van der Waals surface area contributed by atoms with E-state index >= 15 is 0 Å². The van der Waals surface area contributed by atoms with Crippen molar-refractivity contribution in [2.45, 2.75) is 63.9 Å². The summed E-state index contributed by atoms with van der Waals surface area (Å²) < 4.78 is 0. The van der Waals surface area contributed by atoms with Gasteiger partial charge in [0.2, 0.25) is 0 Å². The van der Waals surface area contributed by atoms with Gasteiger partial charge in [0, 0.05) is 18.9 Å². The standard InChI is InChI=1S/C27H36ClNO2/c1-7-9-22(30)26(8-2)17(3)14-21-20-11-10-18-15-19(29-6)12-13-24(18,4)27(20,28)23(31)16-25(21,26)5/h7-8,12-13,15,17,20-21,23,31H,1-2,9-11,14,16H2,3-6H3/t17-,20-,21-,23-,24-,25-,26+,27-/m0/s1. The molecule has 31 heavy (non-hydrogen) atoms. The maximum absolute atomic E-state index is 13.5. The van der Waals surface area contributed by atoms with Crippen LogP contribution in [0.2, 0.25) is 0 Å². The number of rotatable bonds is 4. The highest BCUT2D eigenvalue weighted by atomic mass is 35.5. The first-order valence-electron chi connectivity index (χ1n) is 11.6. The molecule has 0 heterocycles. The summed E-state index contributed by atoms with van der Waals surface area (Å²) in [6, 6.07) is 0. The first kappa shape index (κ1) is 22.7. The molecule has 168 valence electrons. The van der Waals surface area contributed by atoms with E-state index in [0.29, 0.717) is 12.8 Å². The maximum Gasteiger partial charge on any atom is 0.147 e. The van der Waals surface area contributed by atoms with E-state index in [9.17, 15) is 9.90 Å². The number of fused-ring (bicyclic) bond motifs is 5. The van der Waals surface area contributed by atoms with E-state index in [1.165, 1.54) is 5.57 Å². The monoisotopic (exact) mass is 441 g/mol. The smallest absolute Gasteiger partial charge is 0.147 e. The molecule has 4 rings (SSSR count). The Balaban J connectivity index is 1.84. The van der Waals surface area contributed by atoms with Crippen molar-refractivity contribution in [1.29, 1.82) is 0 Å². The number of aliphatic hydroxyl groups is 1. The van der Waals surface area contributed by atoms with Gasteiger partial charge in [-0.05, 0) is 61.0 Å². The molecule has 0 saturated heterocycles. The first-order chi connectivity index (χ1) is 14.6. The molecule has 0 aromatic rings. The normalized spacial score (nSPS) is 49.6. The van der Waals surface area contributed by atoms with Gasteiger partial charge in [-0.25, -0.2) is 0 Å². The Morgan fingerprint density at radius 1 is 1.35 bits per heavy atom. The van der Waals surface area contributed by atoms with E-state index in [1.807, 2.05) is 12.2 Å². The van der Waals surface area contributed by atoms with Crippen molar-refractivity contribution in [1.82, 2.24) is 0 Å².